The summed E-state index contributed by atoms with van der Waals surface area (Å²) in [6.07, 6.45) is 3.03. The number of aryl methyl sites for hydroxylation is 1. The Morgan fingerprint density at radius 3 is 2.61 bits per heavy atom. The molecule has 0 spiro atoms. The summed E-state index contributed by atoms with van der Waals surface area (Å²) < 4.78 is 0. The second-order valence-electron chi connectivity index (χ2n) is 5.22. The summed E-state index contributed by atoms with van der Waals surface area (Å²) >= 11 is 1.65. The third-order valence-electron chi connectivity index (χ3n) is 3.39. The Hall–Kier alpha value is -1.85. The first-order chi connectivity index (χ1) is 11.2. The van der Waals surface area contributed by atoms with Crippen molar-refractivity contribution in [2.75, 3.05) is 17.7 Å². The third-order valence-corrected chi connectivity index (χ3v) is 4.40. The van der Waals surface area contributed by atoms with Crippen LogP contribution in [0.5, 0.6) is 0 Å². The molecule has 2 N–H and O–H groups in total. The average molecular weight is 330 g/mol. The fraction of sp³-hybridized carbons (Fsp3) is 0.333. The first-order valence-electron chi connectivity index (χ1n) is 7.72. The number of amides is 1. The highest BCUT2D eigenvalue weighted by Gasteiger charge is 2.06. The van der Waals surface area contributed by atoms with E-state index in [2.05, 4.69) is 29.4 Å². The number of pyridine rings is 1. The van der Waals surface area contributed by atoms with E-state index >= 15 is 0 Å². The lowest BCUT2D eigenvalue weighted by Crippen LogP contribution is -2.15. The Labute approximate surface area is 141 Å². The SMILES string of the molecule is CCc1ccc(CC(=O)Nc2cc(CSCCO)ccn2)cc1. The summed E-state index contributed by atoms with van der Waals surface area (Å²) in [5, 5.41) is 11.6. The molecule has 0 radical (unpaired) electrons. The van der Waals surface area contributed by atoms with Gasteiger partial charge in [-0.05, 0) is 35.2 Å². The molecule has 1 amide bonds. The van der Waals surface area contributed by atoms with Crippen molar-refractivity contribution >= 4 is 23.5 Å². The van der Waals surface area contributed by atoms with Crippen LogP contribution in [0.4, 0.5) is 5.82 Å². The first kappa shape index (κ1) is 17.5. The Balaban J connectivity index is 1.90. The zero-order chi connectivity index (χ0) is 16.5. The molecule has 122 valence electrons. The summed E-state index contributed by atoms with van der Waals surface area (Å²) in [6.45, 7) is 2.29. The molecule has 0 saturated heterocycles. The predicted molar refractivity (Wildman–Crippen MR) is 95.6 cm³/mol. The van der Waals surface area contributed by atoms with Gasteiger partial charge in [-0.2, -0.15) is 11.8 Å². The van der Waals surface area contributed by atoms with E-state index in [0.29, 0.717) is 18.0 Å². The van der Waals surface area contributed by atoms with Crippen LogP contribution in [0.2, 0.25) is 0 Å². The lowest BCUT2D eigenvalue weighted by atomic mass is 10.1. The first-order valence-corrected chi connectivity index (χ1v) is 8.88. The maximum absolute atomic E-state index is 12.1. The Morgan fingerprint density at radius 1 is 1.17 bits per heavy atom. The largest absolute Gasteiger partial charge is 0.396 e. The molecular weight excluding hydrogens is 308 g/mol. The number of rotatable bonds is 8. The summed E-state index contributed by atoms with van der Waals surface area (Å²) in [7, 11) is 0. The van der Waals surface area contributed by atoms with Crippen LogP contribution < -0.4 is 5.32 Å². The molecule has 0 bridgehead atoms. The molecule has 2 aromatic rings. The summed E-state index contributed by atoms with van der Waals surface area (Å²) in [5.74, 6) is 2.01. The summed E-state index contributed by atoms with van der Waals surface area (Å²) in [6, 6.07) is 11.9. The van der Waals surface area contributed by atoms with Gasteiger partial charge >= 0.3 is 0 Å². The second-order valence-corrected chi connectivity index (χ2v) is 6.33. The van der Waals surface area contributed by atoms with Crippen molar-refractivity contribution in [2.45, 2.75) is 25.5 Å². The minimum atomic E-state index is -0.0677. The maximum atomic E-state index is 12.1. The number of benzene rings is 1. The van der Waals surface area contributed by atoms with Crippen molar-refractivity contribution in [3.8, 4) is 0 Å². The van der Waals surface area contributed by atoms with Crippen molar-refractivity contribution in [2.24, 2.45) is 0 Å². The van der Waals surface area contributed by atoms with Crippen LogP contribution in [0, 0.1) is 0 Å². The van der Waals surface area contributed by atoms with Gasteiger partial charge in [-0.1, -0.05) is 31.2 Å². The number of thioether (sulfide) groups is 1. The zero-order valence-electron chi connectivity index (χ0n) is 13.3. The van der Waals surface area contributed by atoms with E-state index in [-0.39, 0.29) is 12.5 Å². The normalized spacial score (nSPS) is 10.5. The van der Waals surface area contributed by atoms with Crippen LogP contribution in [-0.2, 0) is 23.4 Å². The quantitative estimate of drug-likeness (QED) is 0.730. The van der Waals surface area contributed by atoms with Crippen molar-refractivity contribution in [1.29, 1.82) is 0 Å². The molecule has 4 nitrogen and oxygen atoms in total. The van der Waals surface area contributed by atoms with Gasteiger partial charge in [0.1, 0.15) is 5.82 Å². The van der Waals surface area contributed by atoms with Gasteiger partial charge in [0, 0.05) is 17.7 Å². The van der Waals surface area contributed by atoms with Gasteiger partial charge in [0.2, 0.25) is 5.91 Å². The molecule has 2 rings (SSSR count). The number of aromatic nitrogens is 1. The fourth-order valence-corrected chi connectivity index (χ4v) is 2.84. The van der Waals surface area contributed by atoms with Crippen molar-refractivity contribution < 1.29 is 9.90 Å². The van der Waals surface area contributed by atoms with Crippen molar-refractivity contribution in [3.63, 3.8) is 0 Å². The van der Waals surface area contributed by atoms with Crippen LogP contribution in [-0.4, -0.2) is 28.4 Å². The molecule has 23 heavy (non-hydrogen) atoms. The van der Waals surface area contributed by atoms with Gasteiger partial charge in [0.05, 0.1) is 13.0 Å². The van der Waals surface area contributed by atoms with Gasteiger partial charge in [0.15, 0.2) is 0 Å². The third kappa shape index (κ3) is 6.04. The molecule has 0 saturated carbocycles. The van der Waals surface area contributed by atoms with Gasteiger partial charge in [0.25, 0.3) is 0 Å². The lowest BCUT2D eigenvalue weighted by Gasteiger charge is -2.07. The van der Waals surface area contributed by atoms with E-state index in [9.17, 15) is 4.79 Å². The molecule has 0 aliphatic heterocycles. The van der Waals surface area contributed by atoms with Gasteiger partial charge in [-0.3, -0.25) is 4.79 Å². The van der Waals surface area contributed by atoms with Gasteiger partial charge < -0.3 is 10.4 Å². The minimum absolute atomic E-state index is 0.0677. The monoisotopic (exact) mass is 330 g/mol. The highest BCUT2D eigenvalue weighted by Crippen LogP contribution is 2.14. The second kappa shape index (κ2) is 9.33. The number of carbonyl (C=O) groups is 1. The standard InChI is InChI=1S/C18H22N2O2S/c1-2-14-3-5-15(6-4-14)12-18(22)20-17-11-16(7-8-19-17)13-23-10-9-21/h3-8,11,21H,2,9-10,12-13H2,1H3,(H,19,20,22). The smallest absolute Gasteiger partial charge is 0.229 e. The van der Waals surface area contributed by atoms with Gasteiger partial charge in [-0.25, -0.2) is 4.98 Å². The molecule has 0 aliphatic carbocycles. The topological polar surface area (TPSA) is 62.2 Å². The predicted octanol–water partition coefficient (Wildman–Crippen LogP) is 3.05. The zero-order valence-corrected chi connectivity index (χ0v) is 14.1. The van der Waals surface area contributed by atoms with Crippen LogP contribution in [0.25, 0.3) is 0 Å². The highest BCUT2D eigenvalue weighted by molar-refractivity contribution is 7.98. The molecule has 0 atom stereocenters. The average Bonchev–Trinajstić information content (AvgIpc) is 2.56. The molecular formula is C18H22N2O2S. The minimum Gasteiger partial charge on any atom is -0.396 e. The van der Waals surface area contributed by atoms with E-state index in [1.54, 1.807) is 18.0 Å². The van der Waals surface area contributed by atoms with Crippen LogP contribution in [0.3, 0.4) is 0 Å². The number of nitrogens with one attached hydrogen (secondary N) is 1. The van der Waals surface area contributed by atoms with E-state index in [0.717, 1.165) is 23.3 Å². The molecule has 0 aliphatic rings. The number of carbonyl (C=O) groups excluding carboxylic acids is 1. The van der Waals surface area contributed by atoms with Crippen molar-refractivity contribution in [1.82, 2.24) is 4.98 Å². The van der Waals surface area contributed by atoms with Gasteiger partial charge in [-0.15, -0.1) is 0 Å². The molecule has 0 unspecified atom stereocenters. The van der Waals surface area contributed by atoms with Crippen molar-refractivity contribution in [3.05, 3.63) is 59.3 Å². The van der Waals surface area contributed by atoms with E-state index < -0.39 is 0 Å². The molecule has 0 fully saturated rings. The number of anilines is 1. The Kier molecular flexibility index (Phi) is 7.10. The molecule has 1 aromatic carbocycles. The van der Waals surface area contributed by atoms with E-state index in [4.69, 9.17) is 5.11 Å². The van der Waals surface area contributed by atoms with Crippen LogP contribution in [0.1, 0.15) is 23.6 Å². The van der Waals surface area contributed by atoms with E-state index in [1.807, 2.05) is 24.3 Å². The fourth-order valence-electron chi connectivity index (χ4n) is 2.15. The van der Waals surface area contributed by atoms with Crippen LogP contribution >= 0.6 is 11.8 Å². The lowest BCUT2D eigenvalue weighted by molar-refractivity contribution is -0.115. The Morgan fingerprint density at radius 2 is 1.91 bits per heavy atom. The highest BCUT2D eigenvalue weighted by atomic mass is 32.2. The molecule has 1 aromatic heterocycles. The maximum Gasteiger partial charge on any atom is 0.229 e. The number of aliphatic hydroxyl groups excluding tert-OH is 1. The number of hydrogen-bond donors (Lipinski definition) is 2. The van der Waals surface area contributed by atoms with E-state index in [1.165, 1.54) is 5.56 Å². The number of aliphatic hydroxyl groups is 1. The molecule has 1 heterocycles. The summed E-state index contributed by atoms with van der Waals surface area (Å²) in [4.78, 5) is 16.3. The number of nitrogens with zero attached hydrogens (tertiary/aromatic N) is 1. The summed E-state index contributed by atoms with van der Waals surface area (Å²) in [5.41, 5.74) is 3.35. The Bertz CT molecular complexity index is 629. The number of hydrogen-bond acceptors (Lipinski definition) is 4. The van der Waals surface area contributed by atoms with Crippen LogP contribution in [0.15, 0.2) is 42.6 Å². The molecule has 5 heteroatoms.